The van der Waals surface area contributed by atoms with Crippen LogP contribution in [0.1, 0.15) is 22.9 Å². The maximum Gasteiger partial charge on any atom is 0.159 e. The lowest BCUT2D eigenvalue weighted by molar-refractivity contribution is 0.670. The van der Waals surface area contributed by atoms with Crippen LogP contribution < -0.4 is 5.32 Å². The highest BCUT2D eigenvalue weighted by Crippen LogP contribution is 2.44. The van der Waals surface area contributed by atoms with Crippen molar-refractivity contribution in [1.82, 2.24) is 14.5 Å². The van der Waals surface area contributed by atoms with Crippen LogP contribution in [-0.2, 0) is 0 Å². The lowest BCUT2D eigenvalue weighted by Gasteiger charge is -2.26. The molecule has 0 amide bonds. The van der Waals surface area contributed by atoms with E-state index < -0.39 is 6.17 Å². The van der Waals surface area contributed by atoms with Crippen molar-refractivity contribution in [2.45, 2.75) is 6.17 Å². The van der Waals surface area contributed by atoms with E-state index in [1.165, 1.54) is 49.3 Å². The third-order valence-electron chi connectivity index (χ3n) is 12.2. The summed E-state index contributed by atoms with van der Waals surface area (Å²) in [6.45, 7) is 0. The first-order chi connectivity index (χ1) is 30.8. The van der Waals surface area contributed by atoms with Crippen molar-refractivity contribution in [3.8, 4) is 33.6 Å². The van der Waals surface area contributed by atoms with Gasteiger partial charge in [-0.05, 0) is 64.7 Å². The Hall–Kier alpha value is -8.28. The van der Waals surface area contributed by atoms with E-state index in [1.54, 1.807) is 0 Å². The second-order valence-electron chi connectivity index (χ2n) is 15.8. The van der Waals surface area contributed by atoms with Gasteiger partial charge in [0.15, 0.2) is 5.84 Å². The maximum atomic E-state index is 5.35. The van der Waals surface area contributed by atoms with Crippen molar-refractivity contribution < 1.29 is 0 Å². The number of para-hydroxylation sites is 4. The molecule has 5 nitrogen and oxygen atoms in total. The second-order valence-corrected chi connectivity index (χ2v) is 15.8. The summed E-state index contributed by atoms with van der Waals surface area (Å²) in [5.41, 5.74) is 14.6. The van der Waals surface area contributed by atoms with Crippen LogP contribution in [0.25, 0.3) is 77.2 Å². The Balaban J connectivity index is 1.04. The third-order valence-corrected chi connectivity index (χ3v) is 12.2. The summed E-state index contributed by atoms with van der Waals surface area (Å²) in [6, 6.07) is 79.8. The summed E-state index contributed by atoms with van der Waals surface area (Å²) >= 11 is 0. The highest BCUT2D eigenvalue weighted by Gasteiger charge is 2.26. The predicted molar refractivity (Wildman–Crippen MR) is 258 cm³/mol. The highest BCUT2D eigenvalue weighted by molar-refractivity contribution is 6.22. The summed E-state index contributed by atoms with van der Waals surface area (Å²) in [7, 11) is 0. The van der Waals surface area contributed by atoms with Crippen LogP contribution in [0.15, 0.2) is 234 Å². The first kappa shape index (κ1) is 35.6. The van der Waals surface area contributed by atoms with Gasteiger partial charge < -0.3 is 14.5 Å². The van der Waals surface area contributed by atoms with Gasteiger partial charge in [0.2, 0.25) is 0 Å². The second kappa shape index (κ2) is 14.8. The van der Waals surface area contributed by atoms with Crippen LogP contribution >= 0.6 is 0 Å². The molecule has 0 fully saturated rings. The van der Waals surface area contributed by atoms with Gasteiger partial charge in [0, 0.05) is 43.9 Å². The first-order valence-electron chi connectivity index (χ1n) is 21.1. The predicted octanol–water partition coefficient (Wildman–Crippen LogP) is 13.7. The van der Waals surface area contributed by atoms with Crippen molar-refractivity contribution in [3.05, 3.63) is 241 Å². The molecule has 0 spiro atoms. The molecule has 1 N–H and O–H groups in total. The monoisotopic (exact) mass is 793 g/mol. The van der Waals surface area contributed by atoms with Crippen LogP contribution in [0.2, 0.25) is 0 Å². The quantitative estimate of drug-likeness (QED) is 0.172. The number of aromatic nitrogens is 2. The van der Waals surface area contributed by atoms with E-state index in [0.717, 1.165) is 50.5 Å². The van der Waals surface area contributed by atoms with Gasteiger partial charge >= 0.3 is 0 Å². The summed E-state index contributed by atoms with van der Waals surface area (Å²) < 4.78 is 4.82. The zero-order valence-electron chi connectivity index (χ0n) is 33.7. The molecule has 12 rings (SSSR count). The molecule has 0 aliphatic carbocycles. The fraction of sp³-hybridized carbons (Fsp3) is 0.0175. The number of benzene rings is 9. The van der Waals surface area contributed by atoms with Crippen molar-refractivity contribution in [2.24, 2.45) is 9.98 Å². The molecule has 0 radical (unpaired) electrons. The van der Waals surface area contributed by atoms with Gasteiger partial charge in [0.05, 0.1) is 27.8 Å². The van der Waals surface area contributed by atoms with Gasteiger partial charge in [0.25, 0.3) is 0 Å². The van der Waals surface area contributed by atoms with E-state index in [2.05, 4.69) is 215 Å². The first-order valence-corrected chi connectivity index (χ1v) is 21.1. The van der Waals surface area contributed by atoms with Crippen LogP contribution in [-0.4, -0.2) is 20.8 Å². The van der Waals surface area contributed by atoms with Crippen molar-refractivity contribution in [2.75, 3.05) is 0 Å². The molecule has 292 valence electrons. The zero-order valence-corrected chi connectivity index (χ0v) is 33.7. The molecule has 0 bridgehead atoms. The number of fused-ring (bicyclic) bond motifs is 6. The van der Waals surface area contributed by atoms with E-state index >= 15 is 0 Å². The number of nitrogens with zero attached hydrogens (tertiary/aromatic N) is 4. The van der Waals surface area contributed by atoms with E-state index in [4.69, 9.17) is 9.98 Å². The normalized spacial score (nSPS) is 14.0. The van der Waals surface area contributed by atoms with Gasteiger partial charge in [-0.2, -0.15) is 0 Å². The standard InChI is InChI=1S/C57H39N5/c1-4-18-38(19-5-1)39-34-36-41(37-35-39)56-58-55(40-20-6-2-7-21-40)59-57(60-56)47-26-12-15-31-50(47)62-49-30-14-11-25-46(49)54-44(28-17-33-52(54)62)43-27-16-32-51-53(43)45-24-10-13-29-48(45)61(51)42-22-8-3-9-23-42/h1-37,57H,(H,58,59,60). The molecule has 2 aromatic heterocycles. The molecule has 0 saturated carbocycles. The SMILES string of the molecule is c1ccc(C2=NC(c3ccccc3-n3c4ccccc4c4c(-c5cccc6c5c5ccccc5n6-c5ccccc5)cccc43)NC(c3ccc(-c4ccccc4)cc3)=N2)cc1. The zero-order chi connectivity index (χ0) is 41.0. The van der Waals surface area contributed by atoms with Gasteiger partial charge in [-0.1, -0.05) is 182 Å². The lowest BCUT2D eigenvalue weighted by atomic mass is 9.95. The third kappa shape index (κ3) is 5.86. The molecule has 0 saturated heterocycles. The van der Waals surface area contributed by atoms with Gasteiger partial charge in [-0.25, -0.2) is 9.98 Å². The molecular formula is C57H39N5. The van der Waals surface area contributed by atoms with E-state index in [9.17, 15) is 0 Å². The largest absolute Gasteiger partial charge is 0.344 e. The average Bonchev–Trinajstić information content (AvgIpc) is 3.88. The molecule has 1 atom stereocenters. The van der Waals surface area contributed by atoms with Crippen molar-refractivity contribution >= 4 is 55.3 Å². The van der Waals surface area contributed by atoms with Crippen molar-refractivity contribution in [1.29, 1.82) is 0 Å². The lowest BCUT2D eigenvalue weighted by Crippen LogP contribution is -2.34. The van der Waals surface area contributed by atoms with Crippen LogP contribution in [0.5, 0.6) is 0 Å². The summed E-state index contributed by atoms with van der Waals surface area (Å²) in [6.07, 6.45) is -0.417. The Bertz CT molecular complexity index is 3520. The topological polar surface area (TPSA) is 46.6 Å². The minimum Gasteiger partial charge on any atom is -0.344 e. The number of hydrogen-bond donors (Lipinski definition) is 1. The van der Waals surface area contributed by atoms with Gasteiger partial charge in [0.1, 0.15) is 12.0 Å². The Morgan fingerprint density at radius 2 is 0.855 bits per heavy atom. The Morgan fingerprint density at radius 1 is 0.371 bits per heavy atom. The van der Waals surface area contributed by atoms with Gasteiger partial charge in [-0.3, -0.25) is 0 Å². The number of hydrogen-bond acceptors (Lipinski definition) is 3. The average molecular weight is 794 g/mol. The van der Waals surface area contributed by atoms with Crippen molar-refractivity contribution in [3.63, 3.8) is 0 Å². The fourth-order valence-corrected chi connectivity index (χ4v) is 9.45. The highest BCUT2D eigenvalue weighted by atomic mass is 15.2. The fourth-order valence-electron chi connectivity index (χ4n) is 9.45. The number of aliphatic imine (C=N–C) groups is 2. The Kier molecular flexibility index (Phi) is 8.49. The maximum absolute atomic E-state index is 5.35. The minimum absolute atomic E-state index is 0.417. The Labute approximate surface area is 359 Å². The van der Waals surface area contributed by atoms with Crippen LogP contribution in [0.4, 0.5) is 0 Å². The van der Waals surface area contributed by atoms with E-state index in [-0.39, 0.29) is 0 Å². The number of amidine groups is 2. The number of rotatable bonds is 7. The molecule has 3 heterocycles. The molecule has 1 aliphatic heterocycles. The molecular weight excluding hydrogens is 755 g/mol. The molecule has 62 heavy (non-hydrogen) atoms. The number of nitrogens with one attached hydrogen (secondary N) is 1. The van der Waals surface area contributed by atoms with E-state index in [0.29, 0.717) is 5.84 Å². The van der Waals surface area contributed by atoms with Gasteiger partial charge in [-0.15, -0.1) is 0 Å². The molecule has 1 aliphatic rings. The Morgan fingerprint density at radius 3 is 1.52 bits per heavy atom. The molecule has 1 unspecified atom stereocenters. The molecule has 9 aromatic carbocycles. The van der Waals surface area contributed by atoms with Crippen LogP contribution in [0, 0.1) is 0 Å². The minimum atomic E-state index is -0.417. The summed E-state index contributed by atoms with van der Waals surface area (Å²) in [4.78, 5) is 10.5. The van der Waals surface area contributed by atoms with E-state index in [1.807, 2.05) is 24.3 Å². The summed E-state index contributed by atoms with van der Waals surface area (Å²) in [5, 5.41) is 8.67. The smallest absolute Gasteiger partial charge is 0.159 e. The molecule has 11 aromatic rings. The van der Waals surface area contributed by atoms with Crippen LogP contribution in [0.3, 0.4) is 0 Å². The summed E-state index contributed by atoms with van der Waals surface area (Å²) in [5.74, 6) is 1.48. The molecule has 5 heteroatoms.